The average molecular weight is 387 g/mol. The summed E-state index contributed by atoms with van der Waals surface area (Å²) in [6, 6.07) is 14.8. The van der Waals surface area contributed by atoms with Gasteiger partial charge in [-0.2, -0.15) is 0 Å². The van der Waals surface area contributed by atoms with E-state index in [1.165, 1.54) is 16.7 Å². The molecule has 5 heteroatoms. The molecule has 4 nitrogen and oxygen atoms in total. The van der Waals surface area contributed by atoms with Crippen LogP contribution in [0, 0.1) is 12.8 Å². The van der Waals surface area contributed by atoms with E-state index in [1.807, 2.05) is 12.1 Å². The third-order valence-electron chi connectivity index (χ3n) is 5.52. The fraction of sp³-hybridized carbons (Fsp3) is 0.409. The molecule has 1 N–H and O–H groups in total. The van der Waals surface area contributed by atoms with E-state index in [2.05, 4.69) is 60.9 Å². The van der Waals surface area contributed by atoms with Crippen LogP contribution in [0.15, 0.2) is 42.5 Å². The number of rotatable bonds is 7. The number of likely N-dealkylation sites (tertiary alicyclic amines) is 1. The fourth-order valence-electron chi connectivity index (χ4n) is 3.71. The number of carboxylic acids is 1. The predicted octanol–water partition coefficient (Wildman–Crippen LogP) is 4.75. The molecule has 0 amide bonds. The monoisotopic (exact) mass is 386 g/mol. The lowest BCUT2D eigenvalue weighted by Crippen LogP contribution is -2.49. The van der Waals surface area contributed by atoms with Gasteiger partial charge in [-0.25, -0.2) is 0 Å². The number of aryl methyl sites for hydroxylation is 1. The Labute approximate surface area is 166 Å². The van der Waals surface area contributed by atoms with Gasteiger partial charge in [-0.3, -0.25) is 9.69 Å². The van der Waals surface area contributed by atoms with Gasteiger partial charge in [-0.05, 0) is 61.7 Å². The van der Waals surface area contributed by atoms with Crippen LogP contribution in [-0.2, 0) is 11.3 Å². The molecule has 1 aliphatic rings. The highest BCUT2D eigenvalue weighted by molar-refractivity contribution is 6.30. The number of benzene rings is 2. The van der Waals surface area contributed by atoms with Crippen molar-refractivity contribution in [2.24, 2.45) is 5.92 Å². The van der Waals surface area contributed by atoms with Crippen molar-refractivity contribution >= 4 is 23.3 Å². The maximum atomic E-state index is 11.0. The number of hydrogen-bond donors (Lipinski definition) is 1. The molecule has 3 rings (SSSR count). The largest absolute Gasteiger partial charge is 0.481 e. The van der Waals surface area contributed by atoms with E-state index in [4.69, 9.17) is 16.7 Å². The van der Waals surface area contributed by atoms with Gasteiger partial charge in [0.15, 0.2) is 0 Å². The summed E-state index contributed by atoms with van der Waals surface area (Å²) in [5, 5.41) is 9.81. The van der Waals surface area contributed by atoms with Crippen molar-refractivity contribution in [1.29, 1.82) is 0 Å². The minimum absolute atomic E-state index is 0.215. The van der Waals surface area contributed by atoms with E-state index in [1.54, 1.807) is 0 Å². The number of anilines is 1. The van der Waals surface area contributed by atoms with Crippen LogP contribution in [0.5, 0.6) is 0 Å². The molecule has 144 valence electrons. The van der Waals surface area contributed by atoms with Crippen molar-refractivity contribution in [1.82, 2.24) is 4.90 Å². The fourth-order valence-corrected chi connectivity index (χ4v) is 3.84. The summed E-state index contributed by atoms with van der Waals surface area (Å²) in [4.78, 5) is 15.6. The summed E-state index contributed by atoms with van der Waals surface area (Å²) in [5.41, 5.74) is 4.95. The predicted molar refractivity (Wildman–Crippen MR) is 110 cm³/mol. The van der Waals surface area contributed by atoms with Crippen LogP contribution in [0.2, 0.25) is 5.02 Å². The van der Waals surface area contributed by atoms with E-state index in [0.29, 0.717) is 13.1 Å². The van der Waals surface area contributed by atoms with E-state index in [-0.39, 0.29) is 12.0 Å². The van der Waals surface area contributed by atoms with Crippen molar-refractivity contribution in [3.63, 3.8) is 0 Å². The molecule has 1 heterocycles. The van der Waals surface area contributed by atoms with Crippen LogP contribution >= 0.6 is 11.6 Å². The smallest absolute Gasteiger partial charge is 0.309 e. The molecule has 1 atom stereocenters. The number of halogens is 1. The Bertz CT molecular complexity index is 800. The molecule has 2 aromatic rings. The normalized spacial score (nSPS) is 16.0. The zero-order valence-corrected chi connectivity index (χ0v) is 16.9. The second-order valence-corrected chi connectivity index (χ2v) is 7.79. The number of carboxylic acid groups (broad SMARTS) is 1. The van der Waals surface area contributed by atoms with E-state index >= 15 is 0 Å². The lowest BCUT2D eigenvalue weighted by molar-refractivity contribution is -0.147. The summed E-state index contributed by atoms with van der Waals surface area (Å²) in [7, 11) is 0. The summed E-state index contributed by atoms with van der Waals surface area (Å²) >= 11 is 6.03. The van der Waals surface area contributed by atoms with E-state index < -0.39 is 5.97 Å². The van der Waals surface area contributed by atoms with Gasteiger partial charge in [0.1, 0.15) is 0 Å². The Morgan fingerprint density at radius 3 is 2.52 bits per heavy atom. The molecule has 27 heavy (non-hydrogen) atoms. The minimum Gasteiger partial charge on any atom is -0.481 e. The van der Waals surface area contributed by atoms with Crippen LogP contribution in [0.25, 0.3) is 0 Å². The summed E-state index contributed by atoms with van der Waals surface area (Å²) in [5.74, 6) is -0.903. The maximum Gasteiger partial charge on any atom is 0.309 e. The summed E-state index contributed by atoms with van der Waals surface area (Å²) in [6.07, 6.45) is 0. The molecule has 0 saturated carbocycles. The van der Waals surface area contributed by atoms with Crippen molar-refractivity contribution in [2.45, 2.75) is 33.4 Å². The number of hydrogen-bond acceptors (Lipinski definition) is 3. The Morgan fingerprint density at radius 1 is 1.26 bits per heavy atom. The van der Waals surface area contributed by atoms with Crippen LogP contribution < -0.4 is 4.90 Å². The first kappa shape index (κ1) is 19.7. The molecule has 0 aliphatic carbocycles. The van der Waals surface area contributed by atoms with Crippen molar-refractivity contribution in [3.8, 4) is 0 Å². The van der Waals surface area contributed by atoms with Gasteiger partial charge in [0.25, 0.3) is 0 Å². The van der Waals surface area contributed by atoms with Crippen molar-refractivity contribution in [3.05, 3.63) is 64.2 Å². The molecule has 2 aromatic carbocycles. The van der Waals surface area contributed by atoms with Gasteiger partial charge in [0.05, 0.1) is 12.0 Å². The Balaban J connectivity index is 1.75. The van der Waals surface area contributed by atoms with Gasteiger partial charge in [-0.15, -0.1) is 0 Å². The third kappa shape index (κ3) is 4.45. The van der Waals surface area contributed by atoms with Gasteiger partial charge >= 0.3 is 5.97 Å². The highest BCUT2D eigenvalue weighted by Gasteiger charge is 2.32. The molecular formula is C22H27ClN2O2. The lowest BCUT2D eigenvalue weighted by atomic mass is 9.96. The molecule has 1 saturated heterocycles. The van der Waals surface area contributed by atoms with Crippen molar-refractivity contribution in [2.75, 3.05) is 24.5 Å². The van der Waals surface area contributed by atoms with Gasteiger partial charge in [0.2, 0.25) is 0 Å². The van der Waals surface area contributed by atoms with Crippen LogP contribution in [0.1, 0.15) is 36.6 Å². The lowest BCUT2D eigenvalue weighted by Gasteiger charge is -2.37. The first-order valence-corrected chi connectivity index (χ1v) is 9.83. The topological polar surface area (TPSA) is 43.8 Å². The van der Waals surface area contributed by atoms with E-state index in [9.17, 15) is 4.79 Å². The highest BCUT2D eigenvalue weighted by atomic mass is 35.5. The summed E-state index contributed by atoms with van der Waals surface area (Å²) in [6.45, 7) is 9.49. The second-order valence-electron chi connectivity index (χ2n) is 7.35. The average Bonchev–Trinajstić information content (AvgIpc) is 2.60. The maximum absolute atomic E-state index is 11.0. The first-order chi connectivity index (χ1) is 12.9. The number of carbonyl (C=O) groups is 1. The Kier molecular flexibility index (Phi) is 6.08. The van der Waals surface area contributed by atoms with Crippen LogP contribution in [0.3, 0.4) is 0 Å². The van der Waals surface area contributed by atoms with Crippen LogP contribution in [0.4, 0.5) is 5.69 Å². The minimum atomic E-state index is -0.688. The molecule has 1 fully saturated rings. The van der Waals surface area contributed by atoms with Gasteiger partial charge < -0.3 is 10.0 Å². The van der Waals surface area contributed by atoms with Gasteiger partial charge in [0, 0.05) is 36.9 Å². The van der Waals surface area contributed by atoms with Gasteiger partial charge in [-0.1, -0.05) is 29.8 Å². The molecule has 0 bridgehead atoms. The SMILES string of the molecule is CCN(c1ccc(Cl)cc1)C(C)c1ccc(C)c(CN2CC(C(=O)O)C2)c1. The number of aliphatic carboxylic acids is 1. The molecular weight excluding hydrogens is 360 g/mol. The molecule has 1 unspecified atom stereocenters. The Hall–Kier alpha value is -2.04. The quantitative estimate of drug-likeness (QED) is 0.745. The standard InChI is InChI=1S/C22H27ClN2O2/c1-4-25(21-9-7-20(23)8-10-21)16(3)17-6-5-15(2)18(11-17)12-24-13-19(14-24)22(26)27/h5-11,16,19H,4,12-14H2,1-3H3,(H,26,27). The van der Waals surface area contributed by atoms with E-state index in [0.717, 1.165) is 23.8 Å². The summed E-state index contributed by atoms with van der Waals surface area (Å²) < 4.78 is 0. The highest BCUT2D eigenvalue weighted by Crippen LogP contribution is 2.30. The van der Waals surface area contributed by atoms with Crippen LogP contribution in [-0.4, -0.2) is 35.6 Å². The molecule has 0 spiro atoms. The zero-order chi connectivity index (χ0) is 19.6. The zero-order valence-electron chi connectivity index (χ0n) is 16.2. The first-order valence-electron chi connectivity index (χ1n) is 9.45. The number of nitrogens with zero attached hydrogens (tertiary/aromatic N) is 2. The second kappa shape index (κ2) is 8.32. The third-order valence-corrected chi connectivity index (χ3v) is 5.77. The molecule has 0 aromatic heterocycles. The van der Waals surface area contributed by atoms with Crippen molar-refractivity contribution < 1.29 is 9.90 Å². The Morgan fingerprint density at radius 2 is 1.93 bits per heavy atom. The molecule has 0 radical (unpaired) electrons. The molecule has 1 aliphatic heterocycles.